The molecule has 1 aromatic carbocycles. The second-order valence-electron chi connectivity index (χ2n) is 9.54. The highest BCUT2D eigenvalue weighted by molar-refractivity contribution is 5.76. The number of carbonyl (C=O) groups is 1. The molecular formula is C26H36N4O3. The molecule has 1 saturated carbocycles. The number of benzene rings is 1. The van der Waals surface area contributed by atoms with Gasteiger partial charge in [0.05, 0.1) is 13.2 Å². The van der Waals surface area contributed by atoms with E-state index in [0.29, 0.717) is 56.5 Å². The zero-order valence-corrected chi connectivity index (χ0v) is 19.9. The lowest BCUT2D eigenvalue weighted by Crippen LogP contribution is -2.42. The summed E-state index contributed by atoms with van der Waals surface area (Å²) in [5, 5.41) is 3.19. The minimum atomic E-state index is -0.152. The van der Waals surface area contributed by atoms with E-state index in [-0.39, 0.29) is 23.3 Å². The van der Waals surface area contributed by atoms with Crippen LogP contribution in [0.4, 0.5) is 5.95 Å². The standard InChI is InChI=1S/C26H36N4O3/c1-19-7-6-8-21(17-19)26(11-4-3-5-12-26)18-27-23(31)10-9-22-20(2)28-25(29-24(22)32)30-13-15-33-16-14-30/h6-8,17H,3-5,9-16,18H2,1-2H3,(H,27,31)(H,28,29,32). The van der Waals surface area contributed by atoms with Crippen molar-refractivity contribution in [1.29, 1.82) is 0 Å². The Bertz CT molecular complexity index is 1020. The highest BCUT2D eigenvalue weighted by Crippen LogP contribution is 2.39. The summed E-state index contributed by atoms with van der Waals surface area (Å²) in [7, 11) is 0. The van der Waals surface area contributed by atoms with Crippen LogP contribution in [0.5, 0.6) is 0 Å². The van der Waals surface area contributed by atoms with Crippen LogP contribution >= 0.6 is 0 Å². The number of aromatic nitrogens is 2. The molecule has 0 unspecified atom stereocenters. The fourth-order valence-electron chi connectivity index (χ4n) is 5.18. The number of hydrogen-bond acceptors (Lipinski definition) is 5. The minimum absolute atomic E-state index is 0.00861. The van der Waals surface area contributed by atoms with Gasteiger partial charge in [0.25, 0.3) is 5.56 Å². The SMILES string of the molecule is Cc1cccc(C2(CNC(=O)CCc3c(C)nc(N4CCOCC4)[nH]c3=O)CCCCC2)c1. The lowest BCUT2D eigenvalue weighted by molar-refractivity contribution is -0.121. The highest BCUT2D eigenvalue weighted by atomic mass is 16.5. The van der Waals surface area contributed by atoms with Gasteiger partial charge in [0.2, 0.25) is 11.9 Å². The van der Waals surface area contributed by atoms with Crippen molar-refractivity contribution in [2.75, 3.05) is 37.7 Å². The number of ether oxygens (including phenoxy) is 1. The first-order valence-electron chi connectivity index (χ1n) is 12.2. The van der Waals surface area contributed by atoms with Crippen molar-refractivity contribution >= 4 is 11.9 Å². The minimum Gasteiger partial charge on any atom is -0.378 e. The average Bonchev–Trinajstić information content (AvgIpc) is 2.83. The van der Waals surface area contributed by atoms with Crippen molar-refractivity contribution in [2.24, 2.45) is 0 Å². The first kappa shape index (κ1) is 23.5. The maximum Gasteiger partial charge on any atom is 0.255 e. The summed E-state index contributed by atoms with van der Waals surface area (Å²) < 4.78 is 5.37. The van der Waals surface area contributed by atoms with E-state index in [1.165, 1.54) is 30.4 Å². The van der Waals surface area contributed by atoms with Crippen LogP contribution in [0.3, 0.4) is 0 Å². The van der Waals surface area contributed by atoms with Crippen LogP contribution < -0.4 is 15.8 Å². The van der Waals surface area contributed by atoms with Gasteiger partial charge in [-0.2, -0.15) is 0 Å². The Morgan fingerprint density at radius 2 is 1.94 bits per heavy atom. The molecule has 2 N–H and O–H groups in total. The predicted octanol–water partition coefficient (Wildman–Crippen LogP) is 3.17. The third-order valence-electron chi connectivity index (χ3n) is 7.19. The van der Waals surface area contributed by atoms with Crippen LogP contribution in [-0.2, 0) is 21.4 Å². The van der Waals surface area contributed by atoms with Crippen LogP contribution in [0.15, 0.2) is 29.1 Å². The Kier molecular flexibility index (Phi) is 7.48. The molecule has 1 aromatic heterocycles. The normalized spacial score (nSPS) is 18.2. The van der Waals surface area contributed by atoms with Crippen LogP contribution in [0.25, 0.3) is 0 Å². The van der Waals surface area contributed by atoms with E-state index in [2.05, 4.69) is 46.5 Å². The monoisotopic (exact) mass is 452 g/mol. The molecule has 7 nitrogen and oxygen atoms in total. The van der Waals surface area contributed by atoms with Crippen molar-refractivity contribution in [3.63, 3.8) is 0 Å². The Hall–Kier alpha value is -2.67. The van der Waals surface area contributed by atoms with E-state index in [0.717, 1.165) is 12.8 Å². The number of amides is 1. The predicted molar refractivity (Wildman–Crippen MR) is 130 cm³/mol. The maximum absolute atomic E-state index is 12.8. The zero-order valence-electron chi connectivity index (χ0n) is 19.9. The first-order chi connectivity index (χ1) is 16.0. The molecule has 7 heteroatoms. The van der Waals surface area contributed by atoms with Crippen molar-refractivity contribution in [2.45, 2.75) is 64.2 Å². The fraction of sp³-hybridized carbons (Fsp3) is 0.577. The largest absolute Gasteiger partial charge is 0.378 e. The Balaban J connectivity index is 1.38. The summed E-state index contributed by atoms with van der Waals surface area (Å²) in [6.07, 6.45) is 6.52. The van der Waals surface area contributed by atoms with Crippen LogP contribution in [0, 0.1) is 13.8 Å². The molecule has 1 aliphatic heterocycles. The summed E-state index contributed by atoms with van der Waals surface area (Å²) in [5.41, 5.74) is 3.73. The van der Waals surface area contributed by atoms with E-state index in [9.17, 15) is 9.59 Å². The van der Waals surface area contributed by atoms with Crippen molar-refractivity contribution in [1.82, 2.24) is 15.3 Å². The number of carbonyl (C=O) groups excluding carboxylic acids is 1. The average molecular weight is 453 g/mol. The van der Waals surface area contributed by atoms with Gasteiger partial charge in [0.1, 0.15) is 0 Å². The van der Waals surface area contributed by atoms with Gasteiger partial charge in [-0.05, 0) is 38.7 Å². The molecule has 2 heterocycles. The lowest BCUT2D eigenvalue weighted by atomic mass is 9.69. The molecule has 1 amide bonds. The zero-order chi connectivity index (χ0) is 23.3. The molecule has 0 atom stereocenters. The Morgan fingerprint density at radius 3 is 2.64 bits per heavy atom. The number of rotatable bonds is 7. The second-order valence-corrected chi connectivity index (χ2v) is 9.54. The summed E-state index contributed by atoms with van der Waals surface area (Å²) >= 11 is 0. The number of hydrogen-bond donors (Lipinski definition) is 2. The number of aromatic amines is 1. The Morgan fingerprint density at radius 1 is 1.18 bits per heavy atom. The third kappa shape index (κ3) is 5.64. The van der Waals surface area contributed by atoms with Gasteiger partial charge >= 0.3 is 0 Å². The topological polar surface area (TPSA) is 87.3 Å². The smallest absolute Gasteiger partial charge is 0.255 e. The van der Waals surface area contributed by atoms with Gasteiger partial charge in [-0.15, -0.1) is 0 Å². The number of nitrogens with one attached hydrogen (secondary N) is 2. The number of anilines is 1. The molecule has 178 valence electrons. The second kappa shape index (κ2) is 10.5. The van der Waals surface area contributed by atoms with Gasteiger partial charge in [-0.1, -0.05) is 49.1 Å². The molecule has 4 rings (SSSR count). The number of aryl methyl sites for hydroxylation is 2. The molecular weight excluding hydrogens is 416 g/mol. The van der Waals surface area contributed by atoms with E-state index < -0.39 is 0 Å². The fourth-order valence-corrected chi connectivity index (χ4v) is 5.18. The third-order valence-corrected chi connectivity index (χ3v) is 7.19. The van der Waals surface area contributed by atoms with Crippen molar-refractivity contribution in [3.8, 4) is 0 Å². The molecule has 0 spiro atoms. The van der Waals surface area contributed by atoms with Crippen molar-refractivity contribution < 1.29 is 9.53 Å². The lowest BCUT2D eigenvalue weighted by Gasteiger charge is -2.38. The number of morpholine rings is 1. The summed E-state index contributed by atoms with van der Waals surface area (Å²) in [4.78, 5) is 35.0. The molecule has 0 radical (unpaired) electrons. The van der Waals surface area contributed by atoms with Gasteiger partial charge in [0, 0.05) is 42.7 Å². The molecule has 2 aromatic rings. The van der Waals surface area contributed by atoms with Gasteiger partial charge in [-0.3, -0.25) is 14.6 Å². The molecule has 1 saturated heterocycles. The quantitative estimate of drug-likeness (QED) is 0.674. The van der Waals surface area contributed by atoms with E-state index >= 15 is 0 Å². The summed E-state index contributed by atoms with van der Waals surface area (Å²) in [6, 6.07) is 8.71. The van der Waals surface area contributed by atoms with E-state index in [4.69, 9.17) is 4.74 Å². The molecule has 2 fully saturated rings. The van der Waals surface area contributed by atoms with E-state index in [1.54, 1.807) is 0 Å². The summed E-state index contributed by atoms with van der Waals surface area (Å²) in [5.74, 6) is 0.579. The van der Waals surface area contributed by atoms with Crippen molar-refractivity contribution in [3.05, 3.63) is 57.0 Å². The highest BCUT2D eigenvalue weighted by Gasteiger charge is 2.34. The van der Waals surface area contributed by atoms with Crippen LogP contribution in [0.1, 0.15) is 60.9 Å². The molecule has 2 aliphatic rings. The van der Waals surface area contributed by atoms with Gasteiger partial charge < -0.3 is 15.0 Å². The number of H-pyrrole nitrogens is 1. The number of nitrogens with zero attached hydrogens (tertiary/aromatic N) is 2. The van der Waals surface area contributed by atoms with Crippen LogP contribution in [0.2, 0.25) is 0 Å². The van der Waals surface area contributed by atoms with Crippen LogP contribution in [-0.4, -0.2) is 48.7 Å². The maximum atomic E-state index is 12.8. The molecule has 1 aliphatic carbocycles. The van der Waals surface area contributed by atoms with Gasteiger partial charge in [0.15, 0.2) is 0 Å². The molecule has 33 heavy (non-hydrogen) atoms. The van der Waals surface area contributed by atoms with E-state index in [1.807, 2.05) is 11.8 Å². The molecule has 0 bridgehead atoms. The summed E-state index contributed by atoms with van der Waals surface area (Å²) in [6.45, 7) is 7.32. The Labute approximate surface area is 196 Å². The van der Waals surface area contributed by atoms with Gasteiger partial charge in [-0.25, -0.2) is 4.98 Å². The first-order valence-corrected chi connectivity index (χ1v) is 12.2.